The van der Waals surface area contributed by atoms with Gasteiger partial charge in [0.05, 0.1) is 6.54 Å². The van der Waals surface area contributed by atoms with Crippen molar-refractivity contribution in [3.05, 3.63) is 12.3 Å². The van der Waals surface area contributed by atoms with Crippen LogP contribution in [0.4, 0.5) is 0 Å². The zero-order chi connectivity index (χ0) is 16.6. The molecule has 0 bridgehead atoms. The van der Waals surface area contributed by atoms with Crippen LogP contribution in [0.1, 0.15) is 32.6 Å². The molecular formula is C14H26N4O2P2S. The van der Waals surface area contributed by atoms with Crippen LogP contribution in [0.15, 0.2) is 17.3 Å². The fourth-order valence-corrected chi connectivity index (χ4v) is 8.14. The Morgan fingerprint density at radius 2 is 1.83 bits per heavy atom. The van der Waals surface area contributed by atoms with Crippen molar-refractivity contribution in [1.29, 1.82) is 0 Å². The average molecular weight is 376 g/mol. The molecule has 1 heterocycles. The first-order valence-electron chi connectivity index (χ1n) is 8.14. The lowest BCUT2D eigenvalue weighted by Crippen LogP contribution is -2.29. The summed E-state index contributed by atoms with van der Waals surface area (Å²) in [4.78, 5) is 2.10. The van der Waals surface area contributed by atoms with E-state index in [1.165, 1.54) is 25.7 Å². The van der Waals surface area contributed by atoms with E-state index in [1.807, 2.05) is 14.1 Å². The molecule has 0 N–H and O–H groups in total. The molecule has 2 fully saturated rings. The molecule has 3 rings (SSSR count). The van der Waals surface area contributed by atoms with Crippen molar-refractivity contribution in [3.8, 4) is 0 Å². The molecule has 0 aromatic carbocycles. The van der Waals surface area contributed by atoms with Crippen LogP contribution in [-0.4, -0.2) is 58.4 Å². The molecule has 1 aromatic heterocycles. The molecule has 9 heteroatoms. The van der Waals surface area contributed by atoms with Crippen molar-refractivity contribution in [2.75, 3.05) is 14.1 Å². The van der Waals surface area contributed by atoms with Gasteiger partial charge >= 0.3 is 0 Å². The molecule has 23 heavy (non-hydrogen) atoms. The fraction of sp³-hybridized carbons (Fsp3) is 0.786. The maximum absolute atomic E-state index is 12.9. The summed E-state index contributed by atoms with van der Waals surface area (Å²) in [5, 5.41) is 4.56. The SMILES string of the molecule is C[C@@H](Cn1ccc(S(=O)(=O)N(PC2CC2)PC2CC2)n1)N(C)C. The van der Waals surface area contributed by atoms with Gasteiger partial charge in [-0.1, -0.05) is 0 Å². The Balaban J connectivity index is 1.72. The number of aromatic nitrogens is 2. The van der Waals surface area contributed by atoms with Gasteiger partial charge < -0.3 is 4.90 Å². The number of nitrogens with zero attached hydrogens (tertiary/aromatic N) is 4. The highest BCUT2D eigenvalue weighted by molar-refractivity contribution is 7.97. The summed E-state index contributed by atoms with van der Waals surface area (Å²) in [5.74, 6) is 0. The lowest BCUT2D eigenvalue weighted by molar-refractivity contribution is 0.274. The molecule has 0 aliphatic heterocycles. The first kappa shape index (κ1) is 17.8. The second-order valence-electron chi connectivity index (χ2n) is 6.76. The van der Waals surface area contributed by atoms with Crippen molar-refractivity contribution in [1.82, 2.24) is 18.5 Å². The van der Waals surface area contributed by atoms with E-state index in [4.69, 9.17) is 0 Å². The van der Waals surface area contributed by atoms with Gasteiger partial charge in [0, 0.05) is 12.2 Å². The Labute approximate surface area is 142 Å². The molecule has 2 unspecified atom stereocenters. The Hall–Kier alpha value is -0.0600. The molecule has 2 aliphatic carbocycles. The van der Waals surface area contributed by atoms with Gasteiger partial charge in [-0.3, -0.25) is 4.68 Å². The Bertz CT molecular complexity index is 627. The van der Waals surface area contributed by atoms with Gasteiger partial charge in [0.2, 0.25) is 0 Å². The summed E-state index contributed by atoms with van der Waals surface area (Å²) in [6.07, 6.45) is 6.48. The summed E-state index contributed by atoms with van der Waals surface area (Å²) in [5.41, 5.74) is 1.18. The van der Waals surface area contributed by atoms with E-state index in [-0.39, 0.29) is 5.03 Å². The zero-order valence-corrected chi connectivity index (χ0v) is 16.8. The predicted molar refractivity (Wildman–Crippen MR) is 97.1 cm³/mol. The van der Waals surface area contributed by atoms with Crippen molar-refractivity contribution in [2.24, 2.45) is 0 Å². The van der Waals surface area contributed by atoms with Crippen molar-refractivity contribution < 1.29 is 8.42 Å². The van der Waals surface area contributed by atoms with E-state index in [0.29, 0.717) is 41.4 Å². The van der Waals surface area contributed by atoms with Crippen LogP contribution >= 0.6 is 17.5 Å². The lowest BCUT2D eigenvalue weighted by Gasteiger charge is -2.21. The Morgan fingerprint density at radius 1 is 1.26 bits per heavy atom. The number of rotatable bonds is 9. The van der Waals surface area contributed by atoms with E-state index in [2.05, 4.69) is 16.9 Å². The van der Waals surface area contributed by atoms with Gasteiger partial charge in [-0.05, 0) is 81.5 Å². The quantitative estimate of drug-likeness (QED) is 0.621. The number of likely N-dealkylation sites (N-methyl/N-ethyl adjacent to an activating group) is 1. The molecule has 0 amide bonds. The highest BCUT2D eigenvalue weighted by atomic mass is 32.2. The standard InChI is InChI=1S/C14H26N4O2P2S/c1-11(16(2)3)10-17-9-8-14(15-17)23(19,20)18(21-12-4-5-12)22-13-6-7-13/h8-9,11-13,21-22H,4-7,10H2,1-3H3/t11-/m0/s1. The Morgan fingerprint density at radius 3 is 2.30 bits per heavy atom. The van der Waals surface area contributed by atoms with Crippen LogP contribution in [0.3, 0.4) is 0 Å². The zero-order valence-electron chi connectivity index (χ0n) is 13.9. The van der Waals surface area contributed by atoms with Crippen LogP contribution in [-0.2, 0) is 16.6 Å². The van der Waals surface area contributed by atoms with Crippen LogP contribution in [0.25, 0.3) is 0 Å². The van der Waals surface area contributed by atoms with Crippen molar-refractivity contribution >= 4 is 27.5 Å². The first-order chi connectivity index (χ1) is 10.9. The molecular weight excluding hydrogens is 350 g/mol. The molecule has 0 radical (unpaired) electrons. The third-order valence-electron chi connectivity index (χ3n) is 4.21. The smallest absolute Gasteiger partial charge is 0.268 e. The largest absolute Gasteiger partial charge is 0.305 e. The minimum Gasteiger partial charge on any atom is -0.305 e. The van der Waals surface area contributed by atoms with Gasteiger partial charge in [0.1, 0.15) is 0 Å². The van der Waals surface area contributed by atoms with Crippen LogP contribution < -0.4 is 0 Å². The van der Waals surface area contributed by atoms with Crippen LogP contribution in [0.2, 0.25) is 0 Å². The van der Waals surface area contributed by atoms with E-state index >= 15 is 0 Å². The summed E-state index contributed by atoms with van der Waals surface area (Å²) in [6.45, 7) is 2.80. The van der Waals surface area contributed by atoms with E-state index in [0.717, 1.165) is 0 Å². The number of hydrogen-bond acceptors (Lipinski definition) is 4. The second kappa shape index (κ2) is 7.05. The minimum absolute atomic E-state index is 0.213. The van der Waals surface area contributed by atoms with E-state index in [9.17, 15) is 8.42 Å². The predicted octanol–water partition coefficient (Wildman–Crippen LogP) is 2.34. The summed E-state index contributed by atoms with van der Waals surface area (Å²) in [7, 11) is 1.40. The topological polar surface area (TPSA) is 58.4 Å². The fourth-order valence-electron chi connectivity index (χ4n) is 2.04. The van der Waals surface area contributed by atoms with Crippen LogP contribution in [0.5, 0.6) is 0 Å². The third-order valence-corrected chi connectivity index (χ3v) is 10.6. The molecule has 3 atom stereocenters. The average Bonchev–Trinajstić information content (AvgIpc) is 3.40. The summed E-state index contributed by atoms with van der Waals surface area (Å²) >= 11 is 0. The van der Waals surface area contributed by atoms with Gasteiger partial charge in [0.15, 0.2) is 5.03 Å². The molecule has 6 nitrogen and oxygen atoms in total. The highest BCUT2D eigenvalue weighted by Crippen LogP contribution is 2.54. The molecule has 2 aliphatic rings. The van der Waals surface area contributed by atoms with Gasteiger partial charge in [-0.2, -0.15) is 8.94 Å². The maximum Gasteiger partial charge on any atom is 0.268 e. The normalized spacial score (nSPS) is 21.4. The van der Waals surface area contributed by atoms with Crippen molar-refractivity contribution in [2.45, 2.75) is 61.5 Å². The van der Waals surface area contributed by atoms with Gasteiger partial charge in [-0.15, -0.1) is 0 Å². The number of hydrogen-bond donors (Lipinski definition) is 0. The van der Waals surface area contributed by atoms with E-state index < -0.39 is 10.0 Å². The minimum atomic E-state index is -3.43. The second-order valence-corrected chi connectivity index (χ2v) is 12.6. The lowest BCUT2D eigenvalue weighted by atomic mass is 10.3. The van der Waals surface area contributed by atoms with Gasteiger partial charge in [-0.25, -0.2) is 8.42 Å². The maximum atomic E-state index is 12.9. The summed E-state index contributed by atoms with van der Waals surface area (Å²) in [6, 6.07) is 1.96. The highest BCUT2D eigenvalue weighted by Gasteiger charge is 2.37. The number of sulfonamides is 1. The van der Waals surface area contributed by atoms with Gasteiger partial charge in [0.25, 0.3) is 10.0 Å². The monoisotopic (exact) mass is 376 g/mol. The first-order valence-corrected chi connectivity index (χ1v) is 11.6. The molecule has 0 spiro atoms. The Kier molecular flexibility index (Phi) is 5.44. The van der Waals surface area contributed by atoms with Crippen LogP contribution in [0, 0.1) is 0 Å². The van der Waals surface area contributed by atoms with Crippen molar-refractivity contribution in [3.63, 3.8) is 0 Å². The molecule has 130 valence electrons. The molecule has 2 saturated carbocycles. The van der Waals surface area contributed by atoms with E-state index in [1.54, 1.807) is 20.8 Å². The third kappa shape index (κ3) is 4.73. The molecule has 0 saturated heterocycles. The molecule has 1 aromatic rings. The summed E-state index contributed by atoms with van der Waals surface area (Å²) < 4.78 is 29.4.